The number of phosphoric acid groups is 1. The molecule has 0 radical (unpaired) electrons. The third-order valence-electron chi connectivity index (χ3n) is 6.14. The minimum atomic E-state index is -4.37. The molecule has 0 aliphatic heterocycles. The largest absolute Gasteiger partial charge is 0.475 e. The highest BCUT2D eigenvalue weighted by molar-refractivity contribution is 7.48. The fraction of sp³-hybridized carbons (Fsp3) is 0.182. The minimum absolute atomic E-state index is 0.134. The van der Waals surface area contributed by atoms with Crippen LogP contribution in [0.1, 0.15) is 31.8 Å². The van der Waals surface area contributed by atoms with Gasteiger partial charge in [0.25, 0.3) is 0 Å². The first-order valence-electron chi connectivity index (χ1n) is 13.6. The maximum Gasteiger partial charge on any atom is 0.475 e. The summed E-state index contributed by atoms with van der Waals surface area (Å²) in [6.07, 6.45) is -3.41. The average Bonchev–Trinajstić information content (AvgIpc) is 3.08. The Balaban J connectivity index is 1.59. The van der Waals surface area contributed by atoms with Crippen LogP contribution in [0, 0.1) is 0 Å². The predicted octanol–water partition coefficient (Wildman–Crippen LogP) is 6.17. The highest BCUT2D eigenvalue weighted by atomic mass is 31.2. The summed E-state index contributed by atoms with van der Waals surface area (Å²) >= 11 is 0. The van der Waals surface area contributed by atoms with Crippen molar-refractivity contribution in [3.05, 3.63) is 144 Å². The summed E-state index contributed by atoms with van der Waals surface area (Å²) in [7, 11) is -3.29. The van der Waals surface area contributed by atoms with Crippen LogP contribution in [0.4, 0.5) is 0 Å². The van der Waals surface area contributed by atoms with Crippen molar-refractivity contribution in [1.29, 1.82) is 0 Å². The number of benzene rings is 4. The fourth-order valence-corrected chi connectivity index (χ4v) is 5.01. The van der Waals surface area contributed by atoms with E-state index in [9.17, 15) is 18.9 Å². The summed E-state index contributed by atoms with van der Waals surface area (Å²) < 4.78 is 46.8. The normalized spacial score (nSPS) is 12.5. The van der Waals surface area contributed by atoms with Crippen molar-refractivity contribution in [2.75, 3.05) is 13.7 Å². The highest BCUT2D eigenvalue weighted by Gasteiger charge is 2.40. The number of methoxy groups -OCH3 is 1. The molecule has 4 aromatic carbocycles. The maximum atomic E-state index is 13.9. The Morgan fingerprint density at radius 3 is 1.43 bits per heavy atom. The number of hydrogen-bond donors (Lipinski definition) is 0. The van der Waals surface area contributed by atoms with E-state index in [1.54, 1.807) is 84.9 Å². The molecule has 228 valence electrons. The minimum Gasteiger partial charge on any atom is -0.466 e. The van der Waals surface area contributed by atoms with Crippen molar-refractivity contribution in [1.82, 2.24) is 0 Å². The highest BCUT2D eigenvalue weighted by Crippen LogP contribution is 2.51. The van der Waals surface area contributed by atoms with Crippen LogP contribution in [0.3, 0.4) is 0 Å². The van der Waals surface area contributed by atoms with Crippen molar-refractivity contribution in [3.8, 4) is 0 Å². The summed E-state index contributed by atoms with van der Waals surface area (Å²) in [6.45, 7) is -0.989. The van der Waals surface area contributed by atoms with Crippen LogP contribution in [-0.2, 0) is 50.4 Å². The Morgan fingerprint density at radius 2 is 1.00 bits per heavy atom. The molecule has 10 nitrogen and oxygen atoms in total. The predicted molar refractivity (Wildman–Crippen MR) is 159 cm³/mol. The maximum absolute atomic E-state index is 13.9. The van der Waals surface area contributed by atoms with Gasteiger partial charge < -0.3 is 14.2 Å². The van der Waals surface area contributed by atoms with Crippen molar-refractivity contribution in [3.63, 3.8) is 0 Å². The van der Waals surface area contributed by atoms with Crippen molar-refractivity contribution in [2.45, 2.75) is 25.4 Å². The molecule has 0 aliphatic carbocycles. The lowest BCUT2D eigenvalue weighted by molar-refractivity contribution is -0.159. The molecular weight excluding hydrogens is 587 g/mol. The topological polar surface area (TPSA) is 124 Å². The number of carbonyl (C=O) groups excluding carboxylic acids is 3. The number of ether oxygens (including phenoxy) is 3. The third-order valence-corrected chi connectivity index (χ3v) is 7.50. The van der Waals surface area contributed by atoms with Gasteiger partial charge in [-0.2, -0.15) is 0 Å². The van der Waals surface area contributed by atoms with Gasteiger partial charge in [0.1, 0.15) is 6.61 Å². The molecule has 4 rings (SSSR count). The van der Waals surface area contributed by atoms with Crippen LogP contribution in [-0.4, -0.2) is 43.8 Å². The van der Waals surface area contributed by atoms with E-state index >= 15 is 0 Å². The SMILES string of the molecule is COC(=O)[C@H](OC(=O)c1ccccc1)[C@@H](COP(=O)(OCc1ccccc1)OCc1ccccc1)OC(=O)c1ccccc1. The Kier molecular flexibility index (Phi) is 12.0. The number of esters is 3. The molecule has 0 aromatic heterocycles. The molecule has 0 saturated carbocycles. The first kappa shape index (κ1) is 32.3. The number of hydrogen-bond acceptors (Lipinski definition) is 10. The smallest absolute Gasteiger partial charge is 0.466 e. The molecular formula is C33H31O10P. The molecule has 0 heterocycles. The Morgan fingerprint density at radius 1 is 0.591 bits per heavy atom. The van der Waals surface area contributed by atoms with E-state index < -0.39 is 44.5 Å². The molecule has 0 N–H and O–H groups in total. The average molecular weight is 619 g/mol. The summed E-state index contributed by atoms with van der Waals surface area (Å²) in [6, 6.07) is 33.7. The molecule has 11 heteroatoms. The zero-order chi connectivity index (χ0) is 31.2. The van der Waals surface area contributed by atoms with Gasteiger partial charge in [-0.1, -0.05) is 97.1 Å². The zero-order valence-electron chi connectivity index (χ0n) is 23.9. The van der Waals surface area contributed by atoms with Gasteiger partial charge in [0.2, 0.25) is 6.10 Å². The van der Waals surface area contributed by atoms with Gasteiger partial charge in [-0.25, -0.2) is 18.9 Å². The lowest BCUT2D eigenvalue weighted by atomic mass is 10.2. The lowest BCUT2D eigenvalue weighted by Gasteiger charge is -2.26. The van der Waals surface area contributed by atoms with Crippen molar-refractivity contribution in [2.24, 2.45) is 0 Å². The Labute approximate surface area is 255 Å². The van der Waals surface area contributed by atoms with Gasteiger partial charge in [0.05, 0.1) is 31.5 Å². The van der Waals surface area contributed by atoms with Gasteiger partial charge in [-0.3, -0.25) is 13.6 Å². The quantitative estimate of drug-likeness (QED) is 0.0868. The van der Waals surface area contributed by atoms with Crippen LogP contribution in [0.5, 0.6) is 0 Å². The van der Waals surface area contributed by atoms with E-state index in [0.717, 1.165) is 7.11 Å². The van der Waals surface area contributed by atoms with E-state index in [-0.39, 0.29) is 24.3 Å². The van der Waals surface area contributed by atoms with Gasteiger partial charge in [-0.15, -0.1) is 0 Å². The van der Waals surface area contributed by atoms with Gasteiger partial charge in [0.15, 0.2) is 6.10 Å². The van der Waals surface area contributed by atoms with Crippen LogP contribution in [0.2, 0.25) is 0 Å². The number of carbonyl (C=O) groups is 3. The molecule has 0 amide bonds. The fourth-order valence-electron chi connectivity index (χ4n) is 3.84. The van der Waals surface area contributed by atoms with Gasteiger partial charge in [0, 0.05) is 0 Å². The zero-order valence-corrected chi connectivity index (χ0v) is 24.7. The molecule has 4 aromatic rings. The van der Waals surface area contributed by atoms with Crippen LogP contribution < -0.4 is 0 Å². The molecule has 0 saturated heterocycles. The molecule has 0 unspecified atom stereocenters. The van der Waals surface area contributed by atoms with Crippen LogP contribution in [0.25, 0.3) is 0 Å². The first-order chi connectivity index (χ1) is 21.4. The first-order valence-corrected chi connectivity index (χ1v) is 15.0. The summed E-state index contributed by atoms with van der Waals surface area (Å²) in [4.78, 5) is 38.9. The molecule has 0 aliphatic rings. The molecule has 2 atom stereocenters. The van der Waals surface area contributed by atoms with E-state index in [2.05, 4.69) is 0 Å². The Hall–Kier alpha value is -4.60. The molecule has 0 fully saturated rings. The second-order valence-corrected chi connectivity index (χ2v) is 11.0. The van der Waals surface area contributed by atoms with Crippen LogP contribution >= 0.6 is 7.82 Å². The van der Waals surface area contributed by atoms with E-state index in [4.69, 9.17) is 27.8 Å². The van der Waals surface area contributed by atoms with E-state index in [0.29, 0.717) is 11.1 Å². The second kappa shape index (κ2) is 16.3. The van der Waals surface area contributed by atoms with Crippen LogP contribution in [0.15, 0.2) is 121 Å². The molecule has 44 heavy (non-hydrogen) atoms. The monoisotopic (exact) mass is 618 g/mol. The van der Waals surface area contributed by atoms with Crippen molar-refractivity contribution < 1.29 is 46.7 Å². The summed E-state index contributed by atoms with van der Waals surface area (Å²) in [5.74, 6) is -2.77. The standard InChI is InChI=1S/C33H31O10P/c1-38-33(36)30(43-32(35)28-20-12-5-13-21-28)29(42-31(34)27-18-10-4-11-19-27)24-41-44(37,39-22-25-14-6-2-7-15-25)40-23-26-16-8-3-9-17-26/h2-21,29-30H,22-24H2,1H3/t29-,30-/m1/s1. The summed E-state index contributed by atoms with van der Waals surface area (Å²) in [5.41, 5.74) is 1.67. The summed E-state index contributed by atoms with van der Waals surface area (Å²) in [5, 5.41) is 0. The lowest BCUT2D eigenvalue weighted by Crippen LogP contribution is -2.44. The van der Waals surface area contributed by atoms with E-state index in [1.165, 1.54) is 24.3 Å². The van der Waals surface area contributed by atoms with Gasteiger partial charge >= 0.3 is 25.7 Å². The third kappa shape index (κ3) is 9.72. The Bertz CT molecular complexity index is 1480. The van der Waals surface area contributed by atoms with Gasteiger partial charge in [-0.05, 0) is 35.4 Å². The van der Waals surface area contributed by atoms with E-state index in [1.807, 2.05) is 12.1 Å². The number of phosphoric ester groups is 1. The molecule has 0 bridgehead atoms. The van der Waals surface area contributed by atoms with Crippen molar-refractivity contribution >= 4 is 25.7 Å². The number of rotatable bonds is 15. The molecule has 0 spiro atoms. The second-order valence-electron chi connectivity index (χ2n) is 9.29.